The van der Waals surface area contributed by atoms with Crippen LogP contribution >= 0.6 is 0 Å². The van der Waals surface area contributed by atoms with Crippen molar-refractivity contribution in [3.8, 4) is 5.69 Å². The van der Waals surface area contributed by atoms with Gasteiger partial charge in [0.25, 0.3) is 11.5 Å². The molecule has 1 unspecified atom stereocenters. The Balaban J connectivity index is 1.59. The molecular weight excluding hydrogens is 552 g/mol. The molecule has 0 bridgehead atoms. The van der Waals surface area contributed by atoms with Gasteiger partial charge in [-0.1, -0.05) is 42.5 Å². The van der Waals surface area contributed by atoms with Crippen LogP contribution in [0.5, 0.6) is 0 Å². The van der Waals surface area contributed by atoms with E-state index < -0.39 is 21.3 Å². The zero-order chi connectivity index (χ0) is 30.1. The molecule has 3 aliphatic rings. The predicted molar refractivity (Wildman–Crippen MR) is 162 cm³/mol. The highest BCUT2D eigenvalue weighted by Crippen LogP contribution is 2.30. The van der Waals surface area contributed by atoms with E-state index in [9.17, 15) is 30.4 Å². The Morgan fingerprint density at radius 1 is 0.674 bits per heavy atom. The second-order valence-electron chi connectivity index (χ2n) is 9.66. The second-order valence-corrected chi connectivity index (χ2v) is 9.66. The lowest BCUT2D eigenvalue weighted by Crippen LogP contribution is -2.38. The average molecular weight is 575 g/mol. The van der Waals surface area contributed by atoms with Gasteiger partial charge in [0.2, 0.25) is 11.4 Å². The van der Waals surface area contributed by atoms with Gasteiger partial charge in [0.1, 0.15) is 5.92 Å². The monoisotopic (exact) mass is 574 g/mol. The molecule has 1 amide bonds. The van der Waals surface area contributed by atoms with Gasteiger partial charge in [0.05, 0.1) is 27.6 Å². The van der Waals surface area contributed by atoms with Crippen molar-refractivity contribution in [3.63, 3.8) is 0 Å². The number of aromatic nitrogens is 2. The van der Waals surface area contributed by atoms with Crippen LogP contribution in [0.25, 0.3) is 17.3 Å². The molecule has 1 aromatic heterocycles. The first kappa shape index (κ1) is 26.9. The number of benzene rings is 2. The Kier molecular flexibility index (Phi) is 6.84. The lowest BCUT2D eigenvalue weighted by atomic mass is 9.97. The Hall–Kier alpha value is -6.30. The SMILES string of the molecule is O=C1C(C=c2c(=C3C=CC(=[N+]([O-])[O-])C=C3)[nH]n(-c3ccccc3)c2=O)C(=C2C=CC(=[N+]([O-])[O-])C=C2)NN1c1ccccc1. The second kappa shape index (κ2) is 10.9. The van der Waals surface area contributed by atoms with Gasteiger partial charge in [-0.25, -0.2) is 9.69 Å². The van der Waals surface area contributed by atoms with Gasteiger partial charge in [-0.2, -0.15) is 9.80 Å². The summed E-state index contributed by atoms with van der Waals surface area (Å²) in [6.45, 7) is 0. The highest BCUT2D eigenvalue weighted by atomic mass is 16.8. The maximum atomic E-state index is 13.9. The number of allylic oxidation sites excluding steroid dienone is 9. The number of aromatic amines is 1. The molecule has 2 heterocycles. The number of nitrogens with one attached hydrogen (secondary N) is 2. The van der Waals surface area contributed by atoms with E-state index in [1.165, 1.54) is 46.1 Å². The third-order valence-electron chi connectivity index (χ3n) is 7.07. The number of amides is 1. The first-order valence-corrected chi connectivity index (χ1v) is 13.1. The minimum absolute atomic E-state index is 0.106. The molecule has 0 radical (unpaired) electrons. The summed E-state index contributed by atoms with van der Waals surface area (Å²) in [6.07, 6.45) is 13.1. The molecule has 1 fully saturated rings. The van der Waals surface area contributed by atoms with Crippen LogP contribution < -0.4 is 26.6 Å². The van der Waals surface area contributed by atoms with Gasteiger partial charge in [-0.15, -0.1) is 0 Å². The molecule has 1 aliphatic heterocycles. The van der Waals surface area contributed by atoms with Crippen molar-refractivity contribution in [2.75, 3.05) is 5.01 Å². The van der Waals surface area contributed by atoms with Gasteiger partial charge in [0, 0.05) is 29.9 Å². The Morgan fingerprint density at radius 3 is 1.72 bits per heavy atom. The number of rotatable bonds is 3. The van der Waals surface area contributed by atoms with Gasteiger partial charge >= 0.3 is 0 Å². The number of hydrogen-bond donors (Lipinski definition) is 2. The van der Waals surface area contributed by atoms with Crippen LogP contribution in [-0.2, 0) is 4.79 Å². The Labute approximate surface area is 243 Å². The fraction of sp³-hybridized carbons (Fsp3) is 0.0323. The van der Waals surface area contributed by atoms with Crippen molar-refractivity contribution in [1.29, 1.82) is 0 Å². The number of para-hydroxylation sites is 2. The van der Waals surface area contributed by atoms with Gasteiger partial charge in [-0.05, 0) is 54.1 Å². The zero-order valence-corrected chi connectivity index (χ0v) is 22.3. The third kappa shape index (κ3) is 5.04. The summed E-state index contributed by atoms with van der Waals surface area (Å²) >= 11 is 0. The molecule has 214 valence electrons. The summed E-state index contributed by atoms with van der Waals surface area (Å²) in [4.78, 5) is 26.8. The topological polar surface area (TPSA) is 168 Å². The van der Waals surface area contributed by atoms with E-state index in [1.54, 1.807) is 66.8 Å². The summed E-state index contributed by atoms with van der Waals surface area (Å²) in [5.41, 5.74) is 5.04. The lowest BCUT2D eigenvalue weighted by molar-refractivity contribution is -0.377. The van der Waals surface area contributed by atoms with Crippen LogP contribution in [0.15, 0.2) is 125 Å². The highest BCUT2D eigenvalue weighted by molar-refractivity contribution is 6.06. The zero-order valence-electron chi connectivity index (χ0n) is 22.3. The number of carbonyl (C=O) groups is 1. The predicted octanol–water partition coefficient (Wildman–Crippen LogP) is 1.67. The molecule has 6 rings (SSSR count). The molecule has 2 aliphatic carbocycles. The molecule has 0 spiro atoms. The normalized spacial score (nSPS) is 18.2. The Morgan fingerprint density at radius 2 is 1.19 bits per heavy atom. The molecule has 12 nitrogen and oxygen atoms in total. The molecule has 2 aromatic carbocycles. The highest BCUT2D eigenvalue weighted by Gasteiger charge is 2.37. The summed E-state index contributed by atoms with van der Waals surface area (Å²) in [6, 6.07) is 17.7. The average Bonchev–Trinajstić information content (AvgIpc) is 3.54. The van der Waals surface area contributed by atoms with E-state index in [0.29, 0.717) is 33.6 Å². The van der Waals surface area contributed by atoms with Crippen molar-refractivity contribution >= 4 is 34.7 Å². The first-order valence-electron chi connectivity index (χ1n) is 13.1. The molecule has 1 saturated heterocycles. The molecule has 12 heteroatoms. The van der Waals surface area contributed by atoms with Crippen molar-refractivity contribution in [1.82, 2.24) is 15.2 Å². The maximum Gasteiger partial charge on any atom is 0.278 e. The largest absolute Gasteiger partial charge is 0.612 e. The van der Waals surface area contributed by atoms with Crippen molar-refractivity contribution < 1.29 is 14.6 Å². The van der Waals surface area contributed by atoms with E-state index in [2.05, 4.69) is 10.5 Å². The number of hydrazine groups is 1. The molecule has 0 saturated carbocycles. The number of nitrogens with zero attached hydrogens (tertiary/aromatic N) is 4. The van der Waals surface area contributed by atoms with E-state index >= 15 is 0 Å². The number of hydrogen-bond acceptors (Lipinski definition) is 7. The first-order chi connectivity index (χ1) is 20.8. The third-order valence-corrected chi connectivity index (χ3v) is 7.07. The fourth-order valence-corrected chi connectivity index (χ4v) is 4.94. The van der Waals surface area contributed by atoms with E-state index in [0.717, 1.165) is 0 Å². The maximum absolute atomic E-state index is 13.9. The van der Waals surface area contributed by atoms with Gasteiger partial charge in [0.15, 0.2) is 0 Å². The minimum atomic E-state index is -0.980. The standard InChI is InChI=1S/C31H22N6O6/c38-30-26(28(20-11-15-24(16-12-20)36(40)41)32-34(30)22-7-3-1-4-8-22)19-27-29(21-13-17-25(18-14-21)37(42)43)33-35(31(27)39)23-9-5-2-6-10-23/h1-19,26,32-33H/q-2. The lowest BCUT2D eigenvalue weighted by Gasteiger charge is -2.16. The summed E-state index contributed by atoms with van der Waals surface area (Å²) in [7, 11) is 0. The number of H-pyrrole nitrogens is 1. The van der Waals surface area contributed by atoms with E-state index in [-0.39, 0.29) is 22.5 Å². The quantitative estimate of drug-likeness (QED) is 0.354. The van der Waals surface area contributed by atoms with Crippen LogP contribution in [0.3, 0.4) is 0 Å². The minimum Gasteiger partial charge on any atom is -0.612 e. The summed E-state index contributed by atoms with van der Waals surface area (Å²) in [5.74, 6) is -1.35. The summed E-state index contributed by atoms with van der Waals surface area (Å²) in [5, 5.41) is 50.0. The number of carbonyl (C=O) groups excluding carboxylic acids is 1. The van der Waals surface area contributed by atoms with Crippen molar-refractivity contribution in [3.05, 3.63) is 162 Å². The van der Waals surface area contributed by atoms with E-state index in [1.807, 2.05) is 12.1 Å². The van der Waals surface area contributed by atoms with Crippen LogP contribution in [0.2, 0.25) is 0 Å². The van der Waals surface area contributed by atoms with Crippen molar-refractivity contribution in [2.24, 2.45) is 5.92 Å². The van der Waals surface area contributed by atoms with Crippen LogP contribution in [-0.4, -0.2) is 36.9 Å². The molecule has 1 atom stereocenters. The van der Waals surface area contributed by atoms with E-state index in [4.69, 9.17) is 0 Å². The van der Waals surface area contributed by atoms with Crippen LogP contribution in [0.1, 0.15) is 0 Å². The van der Waals surface area contributed by atoms with Crippen molar-refractivity contribution in [2.45, 2.75) is 0 Å². The van der Waals surface area contributed by atoms with Gasteiger partial charge in [-0.3, -0.25) is 20.1 Å². The molecule has 43 heavy (non-hydrogen) atoms. The van der Waals surface area contributed by atoms with Gasteiger partial charge < -0.3 is 20.8 Å². The Bertz CT molecular complexity index is 1980. The fourth-order valence-electron chi connectivity index (χ4n) is 4.94. The smallest absolute Gasteiger partial charge is 0.278 e. The number of anilines is 1. The van der Waals surface area contributed by atoms with Crippen LogP contribution in [0, 0.1) is 26.7 Å². The summed E-state index contributed by atoms with van der Waals surface area (Å²) < 4.78 is 1.34. The molecule has 3 aromatic rings. The van der Waals surface area contributed by atoms with Crippen LogP contribution in [0.4, 0.5) is 5.69 Å². The molecule has 2 N–H and O–H groups in total. The molecular formula is C31H22N6O6-2.